The Hall–Kier alpha value is -1.85. The summed E-state index contributed by atoms with van der Waals surface area (Å²) in [6.07, 6.45) is 4.76. The van der Waals surface area contributed by atoms with Gasteiger partial charge >= 0.3 is 5.69 Å². The molecule has 1 saturated carbocycles. The van der Waals surface area contributed by atoms with Crippen LogP contribution >= 0.6 is 0 Å². The molecule has 0 atom stereocenters. The summed E-state index contributed by atoms with van der Waals surface area (Å²) in [5.74, 6) is 0.669. The number of nitro groups is 1. The van der Waals surface area contributed by atoms with Gasteiger partial charge in [0.15, 0.2) is 0 Å². The summed E-state index contributed by atoms with van der Waals surface area (Å²) in [5.41, 5.74) is 0.195. The van der Waals surface area contributed by atoms with Gasteiger partial charge in [0, 0.05) is 18.7 Å². The lowest BCUT2D eigenvalue weighted by Crippen LogP contribution is -2.23. The summed E-state index contributed by atoms with van der Waals surface area (Å²) < 4.78 is 5.01. The van der Waals surface area contributed by atoms with Gasteiger partial charge in [0.25, 0.3) is 0 Å². The van der Waals surface area contributed by atoms with Crippen LogP contribution in [0.25, 0.3) is 0 Å². The second-order valence-corrected chi connectivity index (χ2v) is 5.35. The third-order valence-electron chi connectivity index (χ3n) is 3.75. The van der Waals surface area contributed by atoms with Crippen LogP contribution < -0.4 is 10.1 Å². The van der Waals surface area contributed by atoms with Gasteiger partial charge in [-0.15, -0.1) is 0 Å². The number of methoxy groups -OCH3 is 1. The summed E-state index contributed by atoms with van der Waals surface area (Å²) in [4.78, 5) is 14.7. The van der Waals surface area contributed by atoms with Crippen LogP contribution in [0, 0.1) is 15.5 Å². The highest BCUT2D eigenvalue weighted by Crippen LogP contribution is 2.38. The molecule has 6 heteroatoms. The molecule has 0 saturated heterocycles. The van der Waals surface area contributed by atoms with E-state index < -0.39 is 4.92 Å². The van der Waals surface area contributed by atoms with E-state index in [2.05, 4.69) is 17.2 Å². The molecule has 1 N–H and O–H groups in total. The van der Waals surface area contributed by atoms with Crippen molar-refractivity contribution in [3.63, 3.8) is 0 Å². The molecule has 0 radical (unpaired) electrons. The maximum absolute atomic E-state index is 11.0. The molecule has 0 unspecified atom stereocenters. The standard InChI is InChI=1S/C13H19N3O3/c1-13(7-3-4-8-13)9-14-12-10(16(17)18)5-6-11(15-12)19-2/h5-6H,3-4,7-9H2,1-2H3,(H,14,15). The van der Waals surface area contributed by atoms with Crippen LogP contribution in [0.4, 0.5) is 11.5 Å². The second kappa shape index (κ2) is 5.42. The van der Waals surface area contributed by atoms with Crippen LogP contribution in [0.3, 0.4) is 0 Å². The maximum atomic E-state index is 11.0. The fourth-order valence-electron chi connectivity index (χ4n) is 2.53. The highest BCUT2D eigenvalue weighted by molar-refractivity contribution is 5.57. The number of pyridine rings is 1. The van der Waals surface area contributed by atoms with Crippen molar-refractivity contribution in [1.82, 2.24) is 4.98 Å². The third kappa shape index (κ3) is 3.13. The van der Waals surface area contributed by atoms with Crippen molar-refractivity contribution >= 4 is 11.5 Å². The number of ether oxygens (including phenoxy) is 1. The number of hydrogen-bond donors (Lipinski definition) is 1. The monoisotopic (exact) mass is 265 g/mol. The van der Waals surface area contributed by atoms with Crippen molar-refractivity contribution < 1.29 is 9.66 Å². The van der Waals surface area contributed by atoms with E-state index in [0.717, 1.165) is 12.8 Å². The Labute approximate surface area is 112 Å². The molecular weight excluding hydrogens is 246 g/mol. The van der Waals surface area contributed by atoms with E-state index in [1.54, 1.807) is 0 Å². The number of aromatic nitrogens is 1. The van der Waals surface area contributed by atoms with Crippen LogP contribution in [0.2, 0.25) is 0 Å². The summed E-state index contributed by atoms with van der Waals surface area (Å²) in [6, 6.07) is 2.92. The largest absolute Gasteiger partial charge is 0.481 e. The van der Waals surface area contributed by atoms with E-state index in [1.165, 1.54) is 32.1 Å². The summed E-state index contributed by atoms with van der Waals surface area (Å²) in [7, 11) is 1.50. The van der Waals surface area contributed by atoms with Crippen molar-refractivity contribution in [3.8, 4) is 5.88 Å². The van der Waals surface area contributed by atoms with Crippen LogP contribution in [0.5, 0.6) is 5.88 Å². The Morgan fingerprint density at radius 3 is 2.74 bits per heavy atom. The zero-order valence-corrected chi connectivity index (χ0v) is 11.3. The molecular formula is C13H19N3O3. The number of anilines is 1. The molecule has 0 aliphatic heterocycles. The number of nitrogens with zero attached hydrogens (tertiary/aromatic N) is 2. The lowest BCUT2D eigenvalue weighted by Gasteiger charge is -2.23. The maximum Gasteiger partial charge on any atom is 0.311 e. The van der Waals surface area contributed by atoms with Gasteiger partial charge in [0.2, 0.25) is 11.7 Å². The molecule has 1 aromatic heterocycles. The first-order chi connectivity index (χ1) is 9.04. The Kier molecular flexibility index (Phi) is 3.87. The SMILES string of the molecule is COc1ccc([N+](=O)[O-])c(NCC2(C)CCCC2)n1. The highest BCUT2D eigenvalue weighted by atomic mass is 16.6. The van der Waals surface area contributed by atoms with Crippen LogP contribution in [0.1, 0.15) is 32.6 Å². The molecule has 1 aliphatic carbocycles. The van der Waals surface area contributed by atoms with Gasteiger partial charge < -0.3 is 10.1 Å². The van der Waals surface area contributed by atoms with Gasteiger partial charge in [0.05, 0.1) is 12.0 Å². The molecule has 0 amide bonds. The lowest BCUT2D eigenvalue weighted by atomic mass is 9.89. The van der Waals surface area contributed by atoms with E-state index in [4.69, 9.17) is 4.74 Å². The molecule has 1 aliphatic rings. The van der Waals surface area contributed by atoms with Gasteiger partial charge in [-0.1, -0.05) is 19.8 Å². The average molecular weight is 265 g/mol. The molecule has 2 rings (SSSR count). The average Bonchev–Trinajstić information content (AvgIpc) is 2.83. The van der Waals surface area contributed by atoms with E-state index >= 15 is 0 Å². The highest BCUT2D eigenvalue weighted by Gasteiger charge is 2.29. The molecule has 104 valence electrons. The minimum Gasteiger partial charge on any atom is -0.481 e. The Bertz CT molecular complexity index is 470. The molecule has 0 aromatic carbocycles. The van der Waals surface area contributed by atoms with Crippen LogP contribution in [-0.2, 0) is 0 Å². The first-order valence-electron chi connectivity index (χ1n) is 6.47. The van der Waals surface area contributed by atoms with E-state index in [0.29, 0.717) is 12.4 Å². The smallest absolute Gasteiger partial charge is 0.311 e. The van der Waals surface area contributed by atoms with Crippen molar-refractivity contribution in [2.24, 2.45) is 5.41 Å². The van der Waals surface area contributed by atoms with Gasteiger partial charge in [-0.05, 0) is 18.3 Å². The predicted molar refractivity (Wildman–Crippen MR) is 72.5 cm³/mol. The minimum atomic E-state index is -0.425. The number of nitrogens with one attached hydrogen (secondary N) is 1. The topological polar surface area (TPSA) is 77.3 Å². The van der Waals surface area contributed by atoms with E-state index in [1.807, 2.05) is 0 Å². The molecule has 1 heterocycles. The van der Waals surface area contributed by atoms with E-state index in [9.17, 15) is 10.1 Å². The molecule has 6 nitrogen and oxygen atoms in total. The predicted octanol–water partition coefficient (Wildman–Crippen LogP) is 2.99. The molecule has 0 spiro atoms. The van der Waals surface area contributed by atoms with Gasteiger partial charge in [-0.3, -0.25) is 10.1 Å². The lowest BCUT2D eigenvalue weighted by molar-refractivity contribution is -0.384. The second-order valence-electron chi connectivity index (χ2n) is 5.35. The Morgan fingerprint density at radius 1 is 1.47 bits per heavy atom. The van der Waals surface area contributed by atoms with Crippen LogP contribution in [0.15, 0.2) is 12.1 Å². The molecule has 19 heavy (non-hydrogen) atoms. The minimum absolute atomic E-state index is 0.0117. The van der Waals surface area contributed by atoms with Gasteiger partial charge in [0.1, 0.15) is 0 Å². The summed E-state index contributed by atoms with van der Waals surface area (Å²) in [6.45, 7) is 2.91. The van der Waals surface area contributed by atoms with Gasteiger partial charge in [-0.2, -0.15) is 4.98 Å². The normalized spacial score (nSPS) is 17.2. The van der Waals surface area contributed by atoms with Crippen molar-refractivity contribution in [2.75, 3.05) is 19.0 Å². The van der Waals surface area contributed by atoms with Crippen LogP contribution in [-0.4, -0.2) is 23.6 Å². The third-order valence-corrected chi connectivity index (χ3v) is 3.75. The van der Waals surface area contributed by atoms with Gasteiger partial charge in [-0.25, -0.2) is 0 Å². The molecule has 1 aromatic rings. The summed E-state index contributed by atoms with van der Waals surface area (Å²) in [5, 5.41) is 14.1. The quantitative estimate of drug-likeness (QED) is 0.654. The van der Waals surface area contributed by atoms with E-state index in [-0.39, 0.29) is 16.9 Å². The molecule has 1 fully saturated rings. The van der Waals surface area contributed by atoms with Crippen molar-refractivity contribution in [2.45, 2.75) is 32.6 Å². The Balaban J connectivity index is 2.15. The first-order valence-corrected chi connectivity index (χ1v) is 6.47. The zero-order chi connectivity index (χ0) is 13.9. The fraction of sp³-hybridized carbons (Fsp3) is 0.615. The fourth-order valence-corrected chi connectivity index (χ4v) is 2.53. The first kappa shape index (κ1) is 13.6. The summed E-state index contributed by atoms with van der Waals surface area (Å²) >= 11 is 0. The Morgan fingerprint density at radius 2 is 2.16 bits per heavy atom. The number of hydrogen-bond acceptors (Lipinski definition) is 5. The molecule has 0 bridgehead atoms. The van der Waals surface area contributed by atoms with Crippen molar-refractivity contribution in [3.05, 3.63) is 22.2 Å². The van der Waals surface area contributed by atoms with Crippen molar-refractivity contribution in [1.29, 1.82) is 0 Å². The zero-order valence-electron chi connectivity index (χ0n) is 11.3. The number of rotatable bonds is 5.